The second-order valence-corrected chi connectivity index (χ2v) is 6.02. The van der Waals surface area contributed by atoms with Crippen molar-refractivity contribution in [2.75, 3.05) is 0 Å². The number of hydrogen-bond acceptors (Lipinski definition) is 4. The molecule has 0 aliphatic heterocycles. The Morgan fingerprint density at radius 2 is 2.00 bits per heavy atom. The highest BCUT2D eigenvalue weighted by Crippen LogP contribution is 2.33. The fraction of sp³-hybridized carbons (Fsp3) is 0.333. The van der Waals surface area contributed by atoms with Gasteiger partial charge in [-0.2, -0.15) is 0 Å². The van der Waals surface area contributed by atoms with Crippen molar-refractivity contribution in [3.8, 4) is 5.75 Å². The Morgan fingerprint density at radius 1 is 1.37 bits per heavy atom. The van der Waals surface area contributed by atoms with E-state index in [4.69, 9.17) is 0 Å². The van der Waals surface area contributed by atoms with E-state index in [1.807, 2.05) is 30.7 Å². The number of nitrogens with zero attached hydrogens (tertiary/aromatic N) is 3. The minimum atomic E-state index is 0.0962. The van der Waals surface area contributed by atoms with Gasteiger partial charge in [-0.25, -0.2) is 0 Å². The third kappa shape index (κ3) is 3.34. The normalized spacial score (nSPS) is 12.6. The van der Waals surface area contributed by atoms with Crippen molar-refractivity contribution < 1.29 is 5.11 Å². The molecule has 0 aliphatic carbocycles. The lowest BCUT2D eigenvalue weighted by Gasteiger charge is -2.13. The number of halogens is 2. The Labute approximate surface area is 128 Å². The predicted octanol–water partition coefficient (Wildman–Crippen LogP) is 2.90. The first kappa shape index (κ1) is 14.5. The van der Waals surface area contributed by atoms with E-state index in [2.05, 4.69) is 47.4 Å². The molecule has 0 amide bonds. The zero-order valence-corrected chi connectivity index (χ0v) is 13.7. The van der Waals surface area contributed by atoms with Crippen LogP contribution in [0.4, 0.5) is 0 Å². The smallest absolute Gasteiger partial charge is 0.149 e. The van der Waals surface area contributed by atoms with Gasteiger partial charge >= 0.3 is 0 Å². The third-order valence-electron chi connectivity index (χ3n) is 2.82. The van der Waals surface area contributed by atoms with Crippen molar-refractivity contribution in [1.82, 2.24) is 20.1 Å². The van der Waals surface area contributed by atoms with Gasteiger partial charge in [-0.15, -0.1) is 10.2 Å². The molecule has 0 saturated heterocycles. The van der Waals surface area contributed by atoms with E-state index in [0.29, 0.717) is 15.5 Å². The summed E-state index contributed by atoms with van der Waals surface area (Å²) in [5.41, 5.74) is 1.06. The van der Waals surface area contributed by atoms with Gasteiger partial charge in [-0.1, -0.05) is 0 Å². The summed E-state index contributed by atoms with van der Waals surface area (Å²) in [6.07, 6.45) is 1.68. The lowest BCUT2D eigenvalue weighted by atomic mass is 10.2. The molecule has 102 valence electrons. The number of aromatic nitrogens is 3. The molecule has 5 nitrogen and oxygen atoms in total. The molecule has 1 heterocycles. The van der Waals surface area contributed by atoms with Gasteiger partial charge in [0, 0.05) is 13.6 Å². The van der Waals surface area contributed by atoms with Crippen LogP contribution in [0.1, 0.15) is 24.4 Å². The van der Waals surface area contributed by atoms with Crippen LogP contribution in [0.3, 0.4) is 0 Å². The van der Waals surface area contributed by atoms with Gasteiger partial charge < -0.3 is 15.0 Å². The molecule has 0 saturated carbocycles. The van der Waals surface area contributed by atoms with Crippen LogP contribution in [0.2, 0.25) is 0 Å². The molecular weight excluding hydrogens is 376 g/mol. The summed E-state index contributed by atoms with van der Waals surface area (Å²) in [7, 11) is 1.92. The van der Waals surface area contributed by atoms with Crippen LogP contribution in [0.25, 0.3) is 0 Å². The summed E-state index contributed by atoms with van der Waals surface area (Å²) in [4.78, 5) is 0. The zero-order chi connectivity index (χ0) is 14.0. The van der Waals surface area contributed by atoms with Crippen LogP contribution in [-0.2, 0) is 13.6 Å². The number of phenolic OH excluding ortho intramolecular Hbond substituents is 1. The number of rotatable bonds is 4. The molecule has 0 spiro atoms. The fourth-order valence-corrected chi connectivity index (χ4v) is 3.05. The molecule has 1 aromatic heterocycles. The van der Waals surface area contributed by atoms with Crippen LogP contribution >= 0.6 is 31.9 Å². The van der Waals surface area contributed by atoms with Gasteiger partial charge in [0.1, 0.15) is 17.9 Å². The van der Waals surface area contributed by atoms with Crippen molar-refractivity contribution in [3.05, 3.63) is 38.8 Å². The van der Waals surface area contributed by atoms with Gasteiger partial charge in [-0.3, -0.25) is 0 Å². The molecule has 2 aromatic rings. The van der Waals surface area contributed by atoms with E-state index in [-0.39, 0.29) is 11.8 Å². The monoisotopic (exact) mass is 388 g/mol. The Balaban J connectivity index is 2.05. The summed E-state index contributed by atoms with van der Waals surface area (Å²) in [5.74, 6) is 1.10. The van der Waals surface area contributed by atoms with Gasteiger partial charge in [0.15, 0.2) is 0 Å². The lowest BCUT2D eigenvalue weighted by Crippen LogP contribution is -2.21. The second-order valence-electron chi connectivity index (χ2n) is 4.31. The average Bonchev–Trinajstić information content (AvgIpc) is 2.79. The Kier molecular flexibility index (Phi) is 4.59. The molecule has 0 fully saturated rings. The number of aromatic hydroxyl groups is 1. The standard InChI is InChI=1S/C12H14Br2N4O/c1-7(12-17-16-6-18(12)2)15-5-8-3-9(13)11(19)10(14)4-8/h3-4,6-7,15,19H,5H2,1-2H3. The Hall–Kier alpha value is -0.920. The first-order valence-corrected chi connectivity index (χ1v) is 7.31. The summed E-state index contributed by atoms with van der Waals surface area (Å²) < 4.78 is 3.23. The summed E-state index contributed by atoms with van der Waals surface area (Å²) in [6, 6.07) is 3.87. The molecule has 2 N–H and O–H groups in total. The van der Waals surface area contributed by atoms with Crippen LogP contribution in [0.15, 0.2) is 27.4 Å². The van der Waals surface area contributed by atoms with E-state index in [9.17, 15) is 5.11 Å². The van der Waals surface area contributed by atoms with Crippen molar-refractivity contribution in [2.24, 2.45) is 7.05 Å². The fourth-order valence-electron chi connectivity index (χ4n) is 1.77. The number of hydrogen-bond donors (Lipinski definition) is 2. The molecular formula is C12H14Br2N4O. The third-order valence-corrected chi connectivity index (χ3v) is 4.03. The maximum atomic E-state index is 9.66. The average molecular weight is 390 g/mol. The summed E-state index contributed by atoms with van der Waals surface area (Å²) in [6.45, 7) is 2.71. The van der Waals surface area contributed by atoms with Crippen molar-refractivity contribution >= 4 is 31.9 Å². The lowest BCUT2D eigenvalue weighted by molar-refractivity contribution is 0.467. The quantitative estimate of drug-likeness (QED) is 0.843. The molecule has 7 heteroatoms. The molecule has 1 aromatic carbocycles. The molecule has 19 heavy (non-hydrogen) atoms. The number of aryl methyl sites for hydroxylation is 1. The highest BCUT2D eigenvalue weighted by Gasteiger charge is 2.11. The SMILES string of the molecule is CC(NCc1cc(Br)c(O)c(Br)c1)c1nncn1C. The van der Waals surface area contributed by atoms with Crippen LogP contribution < -0.4 is 5.32 Å². The van der Waals surface area contributed by atoms with Gasteiger partial charge in [0.05, 0.1) is 15.0 Å². The Bertz CT molecular complexity index is 562. The molecule has 0 bridgehead atoms. The van der Waals surface area contributed by atoms with Crippen LogP contribution in [0.5, 0.6) is 5.75 Å². The summed E-state index contributed by atoms with van der Waals surface area (Å²) >= 11 is 6.64. The maximum Gasteiger partial charge on any atom is 0.149 e. The first-order chi connectivity index (χ1) is 8.99. The maximum absolute atomic E-state index is 9.66. The van der Waals surface area contributed by atoms with Crippen LogP contribution in [-0.4, -0.2) is 19.9 Å². The molecule has 1 atom stereocenters. The zero-order valence-electron chi connectivity index (χ0n) is 10.6. The molecule has 2 rings (SSSR count). The van der Waals surface area contributed by atoms with Crippen LogP contribution in [0, 0.1) is 0 Å². The van der Waals surface area contributed by atoms with Crippen molar-refractivity contribution in [1.29, 1.82) is 0 Å². The first-order valence-electron chi connectivity index (χ1n) is 5.73. The second kappa shape index (κ2) is 6.02. The summed E-state index contributed by atoms with van der Waals surface area (Å²) in [5, 5.41) is 21.0. The van der Waals surface area contributed by atoms with E-state index in [0.717, 1.165) is 11.4 Å². The topological polar surface area (TPSA) is 63.0 Å². The van der Waals surface area contributed by atoms with E-state index < -0.39 is 0 Å². The predicted molar refractivity (Wildman–Crippen MR) is 79.8 cm³/mol. The van der Waals surface area contributed by atoms with Gasteiger partial charge in [0.25, 0.3) is 0 Å². The molecule has 1 unspecified atom stereocenters. The van der Waals surface area contributed by atoms with Crippen molar-refractivity contribution in [2.45, 2.75) is 19.5 Å². The molecule has 0 aliphatic rings. The van der Waals surface area contributed by atoms with E-state index in [1.165, 1.54) is 0 Å². The minimum absolute atomic E-state index is 0.0962. The largest absolute Gasteiger partial charge is 0.506 e. The number of benzene rings is 1. The van der Waals surface area contributed by atoms with Gasteiger partial charge in [0.2, 0.25) is 0 Å². The number of nitrogens with one attached hydrogen (secondary N) is 1. The minimum Gasteiger partial charge on any atom is -0.506 e. The molecule has 0 radical (unpaired) electrons. The van der Waals surface area contributed by atoms with Crippen molar-refractivity contribution in [3.63, 3.8) is 0 Å². The van der Waals surface area contributed by atoms with E-state index in [1.54, 1.807) is 6.33 Å². The highest BCUT2D eigenvalue weighted by atomic mass is 79.9. The van der Waals surface area contributed by atoms with E-state index >= 15 is 0 Å². The highest BCUT2D eigenvalue weighted by molar-refractivity contribution is 9.11. The number of phenols is 1. The Morgan fingerprint density at radius 3 is 2.53 bits per heavy atom. The van der Waals surface area contributed by atoms with Gasteiger partial charge in [-0.05, 0) is 56.5 Å².